The van der Waals surface area contributed by atoms with Crippen LogP contribution < -0.4 is 5.32 Å². The van der Waals surface area contributed by atoms with Gasteiger partial charge >= 0.3 is 0 Å². The first kappa shape index (κ1) is 25.1. The second kappa shape index (κ2) is 10.5. The topological polar surface area (TPSA) is 101 Å². The number of pyridine rings is 1. The second-order valence-corrected chi connectivity index (χ2v) is 10.6. The van der Waals surface area contributed by atoms with Crippen LogP contribution in [0.2, 0.25) is 0 Å². The molecule has 2 N–H and O–H groups in total. The summed E-state index contributed by atoms with van der Waals surface area (Å²) >= 11 is 0. The number of aliphatic hydroxyl groups is 1. The molecule has 198 valence electrons. The smallest absolute Gasteiger partial charge is 0.153 e. The minimum absolute atomic E-state index is 0.634. The summed E-state index contributed by atoms with van der Waals surface area (Å²) in [6.07, 6.45) is 9.69. The first-order valence-corrected chi connectivity index (χ1v) is 13.6. The van der Waals surface area contributed by atoms with E-state index in [0.29, 0.717) is 18.2 Å². The van der Waals surface area contributed by atoms with Gasteiger partial charge in [-0.1, -0.05) is 18.6 Å². The van der Waals surface area contributed by atoms with Crippen molar-refractivity contribution in [1.82, 2.24) is 25.0 Å². The zero-order valence-corrected chi connectivity index (χ0v) is 22.6. The van der Waals surface area contributed by atoms with Gasteiger partial charge in [0, 0.05) is 41.7 Å². The molecule has 1 aromatic carbocycles. The molecule has 4 heterocycles. The van der Waals surface area contributed by atoms with Crippen molar-refractivity contribution in [3.63, 3.8) is 0 Å². The standard InChI is InChI=1S/C31H33N7O/c1-19-7-12-30(37-36-19)34-25-9-8-23-15-24(13-14-32-29(23)16-25)28-11-10-26(21(3)39)31(35-28)27-17-33-38(20(27)2)18-22-5-4-6-22/h7-14,16-17,21-22,39H,4-6,15,18H2,1-3H3,(H,34,37). The van der Waals surface area contributed by atoms with Crippen molar-refractivity contribution in [2.24, 2.45) is 10.9 Å². The van der Waals surface area contributed by atoms with Crippen molar-refractivity contribution in [2.75, 3.05) is 5.32 Å². The number of hydrogen-bond acceptors (Lipinski definition) is 7. The molecule has 0 spiro atoms. The van der Waals surface area contributed by atoms with Crippen LogP contribution in [0.25, 0.3) is 16.8 Å². The third-order valence-corrected chi connectivity index (χ3v) is 7.75. The minimum atomic E-state index is -0.634. The van der Waals surface area contributed by atoms with Crippen LogP contribution >= 0.6 is 0 Å². The minimum Gasteiger partial charge on any atom is -0.389 e. The summed E-state index contributed by atoms with van der Waals surface area (Å²) in [6.45, 7) is 6.75. The molecule has 1 saturated carbocycles. The van der Waals surface area contributed by atoms with Crippen molar-refractivity contribution >= 4 is 29.0 Å². The zero-order chi connectivity index (χ0) is 26.9. The predicted octanol–water partition coefficient (Wildman–Crippen LogP) is 6.29. The van der Waals surface area contributed by atoms with Crippen LogP contribution in [0.1, 0.15) is 60.5 Å². The lowest BCUT2D eigenvalue weighted by Gasteiger charge is -2.25. The number of aliphatic hydroxyl groups excluding tert-OH is 1. The monoisotopic (exact) mass is 519 g/mol. The Labute approximate surface area is 228 Å². The van der Waals surface area contributed by atoms with Crippen LogP contribution in [0.4, 0.5) is 17.2 Å². The number of allylic oxidation sites excluding steroid dienone is 2. The number of rotatable bonds is 7. The Balaban J connectivity index is 1.28. The Morgan fingerprint density at radius 1 is 1.08 bits per heavy atom. The normalized spacial score (nSPS) is 15.7. The summed E-state index contributed by atoms with van der Waals surface area (Å²) in [5.74, 6) is 1.40. The molecule has 0 amide bonds. The summed E-state index contributed by atoms with van der Waals surface area (Å²) in [7, 11) is 0. The van der Waals surface area contributed by atoms with Crippen LogP contribution in [0.3, 0.4) is 0 Å². The highest BCUT2D eigenvalue weighted by Crippen LogP contribution is 2.35. The number of aromatic nitrogens is 5. The molecule has 4 aromatic rings. The van der Waals surface area contributed by atoms with Gasteiger partial charge in [-0.15, -0.1) is 5.10 Å². The Morgan fingerprint density at radius 3 is 2.69 bits per heavy atom. The maximum Gasteiger partial charge on any atom is 0.153 e. The highest BCUT2D eigenvalue weighted by atomic mass is 16.3. The lowest BCUT2D eigenvalue weighted by Crippen LogP contribution is -2.19. The van der Waals surface area contributed by atoms with Crippen LogP contribution in [0.5, 0.6) is 0 Å². The maximum absolute atomic E-state index is 10.6. The molecule has 1 aliphatic carbocycles. The van der Waals surface area contributed by atoms with E-state index >= 15 is 0 Å². The van der Waals surface area contributed by atoms with E-state index in [4.69, 9.17) is 9.98 Å². The molecule has 0 saturated heterocycles. The lowest BCUT2D eigenvalue weighted by atomic mass is 9.85. The second-order valence-electron chi connectivity index (χ2n) is 10.6. The fourth-order valence-electron chi connectivity index (χ4n) is 5.16. The SMILES string of the molecule is Cc1ccc(Nc2ccc3c(c2)N=CC=C(c2ccc(C(C)O)c(-c4cnn(CC5CCC5)c4C)n2)C3)nn1. The van der Waals surface area contributed by atoms with Gasteiger partial charge in [0.15, 0.2) is 5.82 Å². The van der Waals surface area contributed by atoms with Crippen molar-refractivity contribution < 1.29 is 5.11 Å². The van der Waals surface area contributed by atoms with Crippen LogP contribution in [0, 0.1) is 19.8 Å². The molecule has 1 unspecified atom stereocenters. The Hall–Kier alpha value is -4.17. The van der Waals surface area contributed by atoms with E-state index in [2.05, 4.69) is 38.3 Å². The van der Waals surface area contributed by atoms with Gasteiger partial charge in [-0.2, -0.15) is 10.2 Å². The van der Waals surface area contributed by atoms with E-state index < -0.39 is 6.10 Å². The molecule has 6 rings (SSSR count). The average Bonchev–Trinajstić information content (AvgIpc) is 3.13. The number of hydrogen-bond donors (Lipinski definition) is 2. The predicted molar refractivity (Wildman–Crippen MR) is 154 cm³/mol. The fraction of sp³-hybridized carbons (Fsp3) is 0.323. The van der Waals surface area contributed by atoms with Crippen molar-refractivity contribution in [2.45, 2.75) is 59.1 Å². The molecule has 2 aliphatic rings. The van der Waals surface area contributed by atoms with Gasteiger partial charge < -0.3 is 10.4 Å². The van der Waals surface area contributed by atoms with Gasteiger partial charge in [-0.25, -0.2) is 4.98 Å². The van der Waals surface area contributed by atoms with E-state index in [1.165, 1.54) is 19.3 Å². The number of benzene rings is 1. The van der Waals surface area contributed by atoms with Gasteiger partial charge in [0.1, 0.15) is 0 Å². The van der Waals surface area contributed by atoms with E-state index in [0.717, 1.165) is 63.0 Å². The van der Waals surface area contributed by atoms with Crippen molar-refractivity contribution in [1.29, 1.82) is 0 Å². The van der Waals surface area contributed by atoms with Gasteiger partial charge in [-0.3, -0.25) is 9.67 Å². The van der Waals surface area contributed by atoms with Gasteiger partial charge in [0.25, 0.3) is 0 Å². The Bertz CT molecular complexity index is 1560. The van der Waals surface area contributed by atoms with E-state index in [1.54, 1.807) is 6.92 Å². The van der Waals surface area contributed by atoms with Gasteiger partial charge in [-0.05, 0) is 87.1 Å². The van der Waals surface area contributed by atoms with Crippen molar-refractivity contribution in [3.05, 3.63) is 82.9 Å². The van der Waals surface area contributed by atoms with Crippen LogP contribution in [-0.4, -0.2) is 36.3 Å². The maximum atomic E-state index is 10.6. The number of aryl methyl sites for hydroxylation is 1. The summed E-state index contributed by atoms with van der Waals surface area (Å²) < 4.78 is 2.10. The summed E-state index contributed by atoms with van der Waals surface area (Å²) in [6, 6.07) is 14.0. The summed E-state index contributed by atoms with van der Waals surface area (Å²) in [4.78, 5) is 9.80. The molecular weight excluding hydrogens is 486 g/mol. The molecule has 8 heteroatoms. The largest absolute Gasteiger partial charge is 0.389 e. The number of aliphatic imine (C=N–C) groups is 1. The van der Waals surface area contributed by atoms with Gasteiger partial charge in [0.2, 0.25) is 0 Å². The third-order valence-electron chi connectivity index (χ3n) is 7.75. The highest BCUT2D eigenvalue weighted by Gasteiger charge is 2.22. The molecule has 1 aliphatic heterocycles. The number of fused-ring (bicyclic) bond motifs is 1. The number of nitrogens with zero attached hydrogens (tertiary/aromatic N) is 6. The average molecular weight is 520 g/mol. The van der Waals surface area contributed by atoms with Gasteiger partial charge in [0.05, 0.1) is 35.1 Å². The van der Waals surface area contributed by atoms with Crippen molar-refractivity contribution in [3.8, 4) is 11.3 Å². The molecule has 8 nitrogen and oxygen atoms in total. The number of nitrogens with one attached hydrogen (secondary N) is 1. The summed E-state index contributed by atoms with van der Waals surface area (Å²) in [5, 5.41) is 26.9. The molecule has 39 heavy (non-hydrogen) atoms. The first-order chi connectivity index (χ1) is 18.9. The molecule has 1 fully saturated rings. The molecule has 1 atom stereocenters. The van der Waals surface area contributed by atoms with Crippen LogP contribution in [-0.2, 0) is 13.0 Å². The quantitative estimate of drug-likeness (QED) is 0.298. The molecule has 0 bridgehead atoms. The van der Waals surface area contributed by atoms with E-state index in [1.807, 2.05) is 61.8 Å². The van der Waals surface area contributed by atoms with E-state index in [9.17, 15) is 5.11 Å². The Kier molecular flexibility index (Phi) is 6.79. The highest BCUT2D eigenvalue weighted by molar-refractivity contribution is 5.89. The molecule has 3 aromatic heterocycles. The fourth-order valence-corrected chi connectivity index (χ4v) is 5.16. The lowest BCUT2D eigenvalue weighted by molar-refractivity contribution is 0.199. The number of anilines is 2. The van der Waals surface area contributed by atoms with E-state index in [-0.39, 0.29) is 0 Å². The molecular formula is C31H33N7O. The third kappa shape index (κ3) is 5.25. The molecule has 0 radical (unpaired) electrons. The van der Waals surface area contributed by atoms with Crippen LogP contribution in [0.15, 0.2) is 59.7 Å². The first-order valence-electron chi connectivity index (χ1n) is 13.6. The zero-order valence-electron chi connectivity index (χ0n) is 22.6. The Morgan fingerprint density at radius 2 is 1.95 bits per heavy atom. The summed E-state index contributed by atoms with van der Waals surface area (Å²) in [5.41, 5.74) is 9.41.